The maximum absolute atomic E-state index is 11.9. The molecule has 0 bridgehead atoms. The molecule has 4 nitrogen and oxygen atoms in total. The number of hydrogen-bond donors (Lipinski definition) is 1. The Hall–Kier alpha value is -1.45. The summed E-state index contributed by atoms with van der Waals surface area (Å²) < 4.78 is 1.76. The predicted molar refractivity (Wildman–Crippen MR) is 57.1 cm³/mol. The first kappa shape index (κ1) is 10.6. The number of hydrogen-bond acceptors (Lipinski definition) is 2. The van der Waals surface area contributed by atoms with E-state index in [0.717, 1.165) is 13.1 Å². The SMILES string of the molecule is CCN(CC)C(=O)c1cc(N)cn1C. The van der Waals surface area contributed by atoms with Crippen LogP contribution in [0.15, 0.2) is 12.3 Å². The molecule has 1 amide bonds. The fourth-order valence-corrected chi connectivity index (χ4v) is 1.48. The van der Waals surface area contributed by atoms with Gasteiger partial charge in [-0.2, -0.15) is 0 Å². The molecule has 0 aliphatic heterocycles. The zero-order valence-electron chi connectivity index (χ0n) is 8.95. The molecule has 0 aliphatic carbocycles. The highest BCUT2D eigenvalue weighted by atomic mass is 16.2. The Morgan fingerprint density at radius 3 is 2.43 bits per heavy atom. The van der Waals surface area contributed by atoms with Gasteiger partial charge < -0.3 is 15.2 Å². The lowest BCUT2D eigenvalue weighted by Gasteiger charge is -2.18. The summed E-state index contributed by atoms with van der Waals surface area (Å²) in [7, 11) is 1.83. The van der Waals surface area contributed by atoms with Crippen LogP contribution in [0.2, 0.25) is 0 Å². The van der Waals surface area contributed by atoms with Crippen LogP contribution in [-0.4, -0.2) is 28.5 Å². The number of amides is 1. The highest BCUT2D eigenvalue weighted by molar-refractivity contribution is 5.93. The molecule has 0 saturated carbocycles. The van der Waals surface area contributed by atoms with Crippen molar-refractivity contribution < 1.29 is 4.79 Å². The summed E-state index contributed by atoms with van der Waals surface area (Å²) in [5.41, 5.74) is 6.88. The topological polar surface area (TPSA) is 51.3 Å². The number of aryl methyl sites for hydroxylation is 1. The number of aromatic nitrogens is 1. The van der Waals surface area contributed by atoms with Gasteiger partial charge in [0.1, 0.15) is 5.69 Å². The Morgan fingerprint density at radius 2 is 2.07 bits per heavy atom. The van der Waals surface area contributed by atoms with Crippen LogP contribution in [0.1, 0.15) is 24.3 Å². The monoisotopic (exact) mass is 195 g/mol. The van der Waals surface area contributed by atoms with Crippen LogP contribution in [0.4, 0.5) is 5.69 Å². The molecule has 4 heteroatoms. The maximum atomic E-state index is 11.9. The molecule has 0 radical (unpaired) electrons. The summed E-state index contributed by atoms with van der Waals surface area (Å²) in [6.07, 6.45) is 1.75. The highest BCUT2D eigenvalue weighted by Crippen LogP contribution is 2.11. The molecule has 78 valence electrons. The number of nitrogen functional groups attached to an aromatic ring is 1. The van der Waals surface area contributed by atoms with E-state index in [1.165, 1.54) is 0 Å². The Balaban J connectivity index is 2.93. The van der Waals surface area contributed by atoms with E-state index in [4.69, 9.17) is 5.73 Å². The van der Waals surface area contributed by atoms with E-state index in [2.05, 4.69) is 0 Å². The van der Waals surface area contributed by atoms with Gasteiger partial charge in [-0.3, -0.25) is 4.79 Å². The number of rotatable bonds is 3. The zero-order chi connectivity index (χ0) is 10.7. The molecule has 1 rings (SSSR count). The largest absolute Gasteiger partial charge is 0.397 e. The second-order valence-corrected chi connectivity index (χ2v) is 3.25. The highest BCUT2D eigenvalue weighted by Gasteiger charge is 2.15. The van der Waals surface area contributed by atoms with Gasteiger partial charge in [0, 0.05) is 26.3 Å². The van der Waals surface area contributed by atoms with Crippen molar-refractivity contribution in [1.82, 2.24) is 9.47 Å². The first-order valence-electron chi connectivity index (χ1n) is 4.81. The first-order chi connectivity index (χ1) is 6.60. The lowest BCUT2D eigenvalue weighted by Crippen LogP contribution is -2.31. The third-order valence-corrected chi connectivity index (χ3v) is 2.30. The van der Waals surface area contributed by atoms with Gasteiger partial charge in [-0.15, -0.1) is 0 Å². The second kappa shape index (κ2) is 4.17. The van der Waals surface area contributed by atoms with E-state index in [1.54, 1.807) is 21.7 Å². The fraction of sp³-hybridized carbons (Fsp3) is 0.500. The van der Waals surface area contributed by atoms with Crippen molar-refractivity contribution in [1.29, 1.82) is 0 Å². The van der Waals surface area contributed by atoms with Gasteiger partial charge in [-0.1, -0.05) is 0 Å². The van der Waals surface area contributed by atoms with Gasteiger partial charge in [0.2, 0.25) is 0 Å². The molecular formula is C10H17N3O. The molecule has 1 aromatic rings. The molecule has 0 unspecified atom stereocenters. The molecule has 0 fully saturated rings. The van der Waals surface area contributed by atoms with E-state index in [0.29, 0.717) is 11.4 Å². The zero-order valence-corrected chi connectivity index (χ0v) is 8.95. The standard InChI is InChI=1S/C10H17N3O/c1-4-13(5-2)10(14)9-6-8(11)7-12(9)3/h6-7H,4-5,11H2,1-3H3. The van der Waals surface area contributed by atoms with E-state index in [-0.39, 0.29) is 5.91 Å². The molecule has 14 heavy (non-hydrogen) atoms. The predicted octanol–water partition coefficient (Wildman–Crippen LogP) is 1.09. The van der Waals surface area contributed by atoms with Crippen molar-refractivity contribution in [2.24, 2.45) is 7.05 Å². The lowest BCUT2D eigenvalue weighted by molar-refractivity contribution is 0.0763. The van der Waals surface area contributed by atoms with Crippen molar-refractivity contribution in [3.05, 3.63) is 18.0 Å². The number of carbonyl (C=O) groups excluding carboxylic acids is 1. The lowest BCUT2D eigenvalue weighted by atomic mass is 10.3. The molecule has 1 heterocycles. The molecule has 0 spiro atoms. The van der Waals surface area contributed by atoms with Crippen molar-refractivity contribution in [3.63, 3.8) is 0 Å². The minimum Gasteiger partial charge on any atom is -0.397 e. The van der Waals surface area contributed by atoms with Gasteiger partial charge in [-0.25, -0.2) is 0 Å². The summed E-state index contributed by atoms with van der Waals surface area (Å²) in [4.78, 5) is 13.7. The number of anilines is 1. The summed E-state index contributed by atoms with van der Waals surface area (Å²) in [6.45, 7) is 5.38. The van der Waals surface area contributed by atoms with Crippen LogP contribution in [0.3, 0.4) is 0 Å². The smallest absolute Gasteiger partial charge is 0.270 e. The molecular weight excluding hydrogens is 178 g/mol. The van der Waals surface area contributed by atoms with Crippen molar-refractivity contribution in [3.8, 4) is 0 Å². The summed E-state index contributed by atoms with van der Waals surface area (Å²) in [5.74, 6) is 0.0363. The minimum absolute atomic E-state index is 0.0363. The van der Waals surface area contributed by atoms with E-state index in [1.807, 2.05) is 20.9 Å². The summed E-state index contributed by atoms with van der Waals surface area (Å²) in [6, 6.07) is 1.71. The van der Waals surface area contributed by atoms with Crippen LogP contribution in [0.5, 0.6) is 0 Å². The molecule has 0 atom stereocenters. The summed E-state index contributed by atoms with van der Waals surface area (Å²) in [5, 5.41) is 0. The Morgan fingerprint density at radius 1 is 1.50 bits per heavy atom. The molecule has 1 aromatic heterocycles. The van der Waals surface area contributed by atoms with Gasteiger partial charge >= 0.3 is 0 Å². The van der Waals surface area contributed by atoms with Crippen molar-refractivity contribution in [2.75, 3.05) is 18.8 Å². The van der Waals surface area contributed by atoms with E-state index >= 15 is 0 Å². The average Bonchev–Trinajstić information content (AvgIpc) is 2.47. The van der Waals surface area contributed by atoms with E-state index < -0.39 is 0 Å². The number of carbonyl (C=O) groups is 1. The Kier molecular flexibility index (Phi) is 3.17. The minimum atomic E-state index is 0.0363. The number of nitrogens with zero attached hydrogens (tertiary/aromatic N) is 2. The Labute approximate surface area is 84.3 Å². The number of nitrogens with two attached hydrogens (primary N) is 1. The second-order valence-electron chi connectivity index (χ2n) is 3.25. The molecule has 0 aromatic carbocycles. The van der Waals surface area contributed by atoms with Gasteiger partial charge in [0.25, 0.3) is 5.91 Å². The molecule has 2 N–H and O–H groups in total. The van der Waals surface area contributed by atoms with E-state index in [9.17, 15) is 4.79 Å². The third-order valence-electron chi connectivity index (χ3n) is 2.30. The van der Waals surface area contributed by atoms with Crippen LogP contribution >= 0.6 is 0 Å². The third kappa shape index (κ3) is 1.89. The summed E-state index contributed by atoms with van der Waals surface area (Å²) >= 11 is 0. The van der Waals surface area contributed by atoms with Crippen LogP contribution in [-0.2, 0) is 7.05 Å². The first-order valence-corrected chi connectivity index (χ1v) is 4.81. The average molecular weight is 195 g/mol. The molecule has 0 saturated heterocycles. The van der Waals surface area contributed by atoms with Crippen molar-refractivity contribution >= 4 is 11.6 Å². The van der Waals surface area contributed by atoms with Gasteiger partial charge in [0.15, 0.2) is 0 Å². The van der Waals surface area contributed by atoms with Crippen molar-refractivity contribution in [2.45, 2.75) is 13.8 Å². The van der Waals surface area contributed by atoms with Gasteiger partial charge in [0.05, 0.1) is 5.69 Å². The fourth-order valence-electron chi connectivity index (χ4n) is 1.48. The maximum Gasteiger partial charge on any atom is 0.270 e. The normalized spacial score (nSPS) is 10.2. The van der Waals surface area contributed by atoms with Gasteiger partial charge in [-0.05, 0) is 19.9 Å². The van der Waals surface area contributed by atoms with Crippen LogP contribution in [0, 0.1) is 0 Å². The molecule has 0 aliphatic rings. The van der Waals surface area contributed by atoms with Crippen LogP contribution in [0.25, 0.3) is 0 Å². The Bertz CT molecular complexity index is 326. The quantitative estimate of drug-likeness (QED) is 0.785. The van der Waals surface area contributed by atoms with Crippen LogP contribution < -0.4 is 5.73 Å².